The van der Waals surface area contributed by atoms with Gasteiger partial charge in [0.25, 0.3) is 5.91 Å². The average Bonchev–Trinajstić information content (AvgIpc) is 3.30. The average molecular weight is 400 g/mol. The van der Waals surface area contributed by atoms with Gasteiger partial charge in [0, 0.05) is 32.2 Å². The van der Waals surface area contributed by atoms with Gasteiger partial charge in [-0.05, 0) is 45.0 Å². The number of benzene rings is 1. The Morgan fingerprint density at radius 1 is 1.18 bits per heavy atom. The lowest BCUT2D eigenvalue weighted by Crippen LogP contribution is -2.49. The molecule has 3 heterocycles. The SMILES string of the molecule is COc1ccc2nc(N3CCN(C(=O)c4cc(C)nn4C(C)C)CC3)sc2c1. The van der Waals surface area contributed by atoms with Crippen molar-refractivity contribution in [2.45, 2.75) is 26.8 Å². The molecule has 0 N–H and O–H groups in total. The monoisotopic (exact) mass is 399 g/mol. The number of amides is 1. The number of thiazole rings is 1. The first-order valence-corrected chi connectivity index (χ1v) is 10.3. The quantitative estimate of drug-likeness (QED) is 0.673. The first-order chi connectivity index (χ1) is 13.5. The van der Waals surface area contributed by atoms with Crippen LogP contribution in [-0.4, -0.2) is 58.9 Å². The van der Waals surface area contributed by atoms with Crippen LogP contribution in [-0.2, 0) is 0 Å². The lowest BCUT2D eigenvalue weighted by molar-refractivity contribution is 0.0732. The van der Waals surface area contributed by atoms with E-state index in [4.69, 9.17) is 9.72 Å². The van der Waals surface area contributed by atoms with Gasteiger partial charge in [0.15, 0.2) is 5.13 Å². The molecule has 3 aromatic rings. The summed E-state index contributed by atoms with van der Waals surface area (Å²) in [6, 6.07) is 7.99. The Morgan fingerprint density at radius 2 is 1.93 bits per heavy atom. The molecule has 0 saturated carbocycles. The minimum atomic E-state index is 0.0583. The topological polar surface area (TPSA) is 63.5 Å². The van der Waals surface area contributed by atoms with E-state index >= 15 is 0 Å². The zero-order chi connectivity index (χ0) is 19.8. The second-order valence-corrected chi connectivity index (χ2v) is 8.33. The third-order valence-electron chi connectivity index (χ3n) is 4.99. The van der Waals surface area contributed by atoms with Crippen molar-refractivity contribution in [1.82, 2.24) is 19.7 Å². The Hall–Kier alpha value is -2.61. The van der Waals surface area contributed by atoms with E-state index in [1.54, 1.807) is 18.4 Å². The Morgan fingerprint density at radius 3 is 2.61 bits per heavy atom. The highest BCUT2D eigenvalue weighted by molar-refractivity contribution is 7.22. The van der Waals surface area contributed by atoms with Crippen LogP contribution >= 0.6 is 11.3 Å². The summed E-state index contributed by atoms with van der Waals surface area (Å²) in [5.41, 5.74) is 2.53. The van der Waals surface area contributed by atoms with E-state index in [-0.39, 0.29) is 11.9 Å². The first kappa shape index (κ1) is 18.7. The molecule has 8 heteroatoms. The van der Waals surface area contributed by atoms with Gasteiger partial charge < -0.3 is 14.5 Å². The Labute approximate surface area is 168 Å². The van der Waals surface area contributed by atoms with Crippen molar-refractivity contribution in [3.05, 3.63) is 35.7 Å². The van der Waals surface area contributed by atoms with Gasteiger partial charge in [0.1, 0.15) is 11.4 Å². The van der Waals surface area contributed by atoms with Crippen molar-refractivity contribution in [2.75, 3.05) is 38.2 Å². The molecular weight excluding hydrogens is 374 g/mol. The van der Waals surface area contributed by atoms with Crippen LogP contribution in [0.1, 0.15) is 36.1 Å². The standard InChI is InChI=1S/C20H25N5O2S/c1-13(2)25-17(11-14(3)22-25)19(26)23-7-9-24(10-8-23)20-21-16-6-5-15(27-4)12-18(16)28-20/h5-6,11-13H,7-10H2,1-4H3. The van der Waals surface area contributed by atoms with Crippen LogP contribution in [0.25, 0.3) is 10.2 Å². The van der Waals surface area contributed by atoms with Crippen LogP contribution in [0.4, 0.5) is 5.13 Å². The van der Waals surface area contributed by atoms with Gasteiger partial charge >= 0.3 is 0 Å². The van der Waals surface area contributed by atoms with E-state index in [1.807, 2.05) is 54.6 Å². The molecule has 148 valence electrons. The molecule has 0 atom stereocenters. The molecule has 1 aliphatic heterocycles. The number of hydrogen-bond acceptors (Lipinski definition) is 6. The van der Waals surface area contributed by atoms with Gasteiger partial charge in [-0.2, -0.15) is 5.10 Å². The van der Waals surface area contributed by atoms with E-state index in [0.29, 0.717) is 18.8 Å². The van der Waals surface area contributed by atoms with Gasteiger partial charge in [-0.3, -0.25) is 9.48 Å². The van der Waals surface area contributed by atoms with Gasteiger partial charge in [-0.1, -0.05) is 11.3 Å². The van der Waals surface area contributed by atoms with Crippen molar-refractivity contribution in [3.8, 4) is 5.75 Å². The molecule has 0 radical (unpaired) electrons. The molecule has 0 unspecified atom stereocenters. The van der Waals surface area contributed by atoms with Crippen molar-refractivity contribution < 1.29 is 9.53 Å². The minimum absolute atomic E-state index is 0.0583. The van der Waals surface area contributed by atoms with Crippen molar-refractivity contribution in [1.29, 1.82) is 0 Å². The number of methoxy groups -OCH3 is 1. The molecule has 7 nitrogen and oxygen atoms in total. The Balaban J connectivity index is 1.47. The number of rotatable bonds is 4. The summed E-state index contributed by atoms with van der Waals surface area (Å²) in [5, 5.41) is 5.47. The van der Waals surface area contributed by atoms with Crippen LogP contribution < -0.4 is 9.64 Å². The summed E-state index contributed by atoms with van der Waals surface area (Å²) >= 11 is 1.67. The van der Waals surface area contributed by atoms with Crippen LogP contribution in [0.2, 0.25) is 0 Å². The second-order valence-electron chi connectivity index (χ2n) is 7.32. The van der Waals surface area contributed by atoms with Crippen LogP contribution in [0.5, 0.6) is 5.75 Å². The van der Waals surface area contributed by atoms with E-state index in [0.717, 1.165) is 39.9 Å². The van der Waals surface area contributed by atoms with Gasteiger partial charge in [0.2, 0.25) is 0 Å². The number of fused-ring (bicyclic) bond motifs is 1. The molecule has 2 aromatic heterocycles. The normalized spacial score (nSPS) is 14.9. The molecule has 1 aromatic carbocycles. The number of nitrogens with zero attached hydrogens (tertiary/aromatic N) is 5. The maximum atomic E-state index is 13.0. The number of carbonyl (C=O) groups is 1. The summed E-state index contributed by atoms with van der Waals surface area (Å²) < 4.78 is 8.24. The fourth-order valence-electron chi connectivity index (χ4n) is 3.49. The molecule has 0 aliphatic carbocycles. The van der Waals surface area contributed by atoms with Crippen molar-refractivity contribution >= 4 is 32.6 Å². The van der Waals surface area contributed by atoms with Gasteiger partial charge in [-0.25, -0.2) is 4.98 Å². The number of hydrogen-bond donors (Lipinski definition) is 0. The molecule has 1 amide bonds. The van der Waals surface area contributed by atoms with Gasteiger partial charge in [-0.15, -0.1) is 0 Å². The third-order valence-corrected chi connectivity index (χ3v) is 6.07. The lowest BCUT2D eigenvalue weighted by atomic mass is 10.2. The summed E-state index contributed by atoms with van der Waals surface area (Å²) in [7, 11) is 1.67. The highest BCUT2D eigenvalue weighted by Crippen LogP contribution is 2.32. The molecule has 28 heavy (non-hydrogen) atoms. The molecule has 1 aliphatic rings. The fourth-order valence-corrected chi connectivity index (χ4v) is 4.53. The molecule has 0 bridgehead atoms. The van der Waals surface area contributed by atoms with Crippen LogP contribution in [0.15, 0.2) is 24.3 Å². The highest BCUT2D eigenvalue weighted by atomic mass is 32.1. The maximum Gasteiger partial charge on any atom is 0.272 e. The maximum absolute atomic E-state index is 13.0. The number of aromatic nitrogens is 3. The van der Waals surface area contributed by atoms with E-state index in [2.05, 4.69) is 10.00 Å². The molecular formula is C20H25N5O2S. The van der Waals surface area contributed by atoms with Gasteiger partial charge in [0.05, 0.1) is 23.0 Å². The Kier molecular flexibility index (Phi) is 4.97. The summed E-state index contributed by atoms with van der Waals surface area (Å²) in [4.78, 5) is 21.9. The van der Waals surface area contributed by atoms with Crippen LogP contribution in [0.3, 0.4) is 0 Å². The van der Waals surface area contributed by atoms with E-state index < -0.39 is 0 Å². The number of aryl methyl sites for hydroxylation is 1. The second kappa shape index (κ2) is 7.43. The number of anilines is 1. The Bertz CT molecular complexity index is 1000. The third kappa shape index (κ3) is 3.44. The van der Waals surface area contributed by atoms with Crippen LogP contribution in [0, 0.1) is 6.92 Å². The number of carbonyl (C=O) groups excluding carboxylic acids is 1. The highest BCUT2D eigenvalue weighted by Gasteiger charge is 2.26. The summed E-state index contributed by atoms with van der Waals surface area (Å²) in [6.45, 7) is 8.93. The smallest absolute Gasteiger partial charge is 0.272 e. The zero-order valence-corrected chi connectivity index (χ0v) is 17.5. The minimum Gasteiger partial charge on any atom is -0.497 e. The number of piperazine rings is 1. The summed E-state index contributed by atoms with van der Waals surface area (Å²) in [6.07, 6.45) is 0. The molecule has 0 spiro atoms. The molecule has 1 saturated heterocycles. The molecule has 1 fully saturated rings. The largest absolute Gasteiger partial charge is 0.497 e. The number of ether oxygens (including phenoxy) is 1. The first-order valence-electron chi connectivity index (χ1n) is 9.51. The zero-order valence-electron chi connectivity index (χ0n) is 16.7. The summed E-state index contributed by atoms with van der Waals surface area (Å²) in [5.74, 6) is 0.901. The van der Waals surface area contributed by atoms with Crippen molar-refractivity contribution in [2.24, 2.45) is 0 Å². The lowest BCUT2D eigenvalue weighted by Gasteiger charge is -2.34. The van der Waals surface area contributed by atoms with Crippen molar-refractivity contribution in [3.63, 3.8) is 0 Å². The molecule has 4 rings (SSSR count). The predicted molar refractivity (Wildman–Crippen MR) is 112 cm³/mol. The van der Waals surface area contributed by atoms with E-state index in [9.17, 15) is 4.79 Å². The van der Waals surface area contributed by atoms with E-state index in [1.165, 1.54) is 0 Å². The predicted octanol–water partition coefficient (Wildman–Crippen LogP) is 3.35. The fraction of sp³-hybridized carbons (Fsp3) is 0.450.